The summed E-state index contributed by atoms with van der Waals surface area (Å²) in [4.78, 5) is 22.3. The summed E-state index contributed by atoms with van der Waals surface area (Å²) >= 11 is 0.120. The van der Waals surface area contributed by atoms with Crippen molar-refractivity contribution in [1.29, 1.82) is 5.26 Å². The number of carbonyl (C=O) groups excluding carboxylic acids is 1. The van der Waals surface area contributed by atoms with Crippen molar-refractivity contribution in [3.8, 4) is 17.4 Å². The maximum atomic E-state index is 12.5. The number of hydrogen-bond donors (Lipinski definition) is 1. The van der Waals surface area contributed by atoms with Gasteiger partial charge in [0.05, 0.1) is 4.92 Å². The smallest absolute Gasteiger partial charge is 0.445 e. The van der Waals surface area contributed by atoms with Gasteiger partial charge in [0.2, 0.25) is 10.1 Å². The van der Waals surface area contributed by atoms with Crippen molar-refractivity contribution >= 4 is 34.1 Å². The van der Waals surface area contributed by atoms with Crippen LogP contribution in [0.5, 0.6) is 0 Å². The van der Waals surface area contributed by atoms with Crippen molar-refractivity contribution in [2.45, 2.75) is 6.18 Å². The minimum Gasteiger partial charge on any atom is -0.457 e. The predicted octanol–water partition coefficient (Wildman–Crippen LogP) is 4.27. The van der Waals surface area contributed by atoms with Gasteiger partial charge in [-0.1, -0.05) is 11.3 Å². The lowest BCUT2D eigenvalue weighted by Crippen LogP contribution is -2.13. The Morgan fingerprint density at radius 1 is 1.23 bits per heavy atom. The van der Waals surface area contributed by atoms with Gasteiger partial charge < -0.3 is 4.42 Å². The van der Waals surface area contributed by atoms with Crippen LogP contribution in [0.15, 0.2) is 46.4 Å². The quantitative estimate of drug-likeness (QED) is 0.274. The molecule has 2 aromatic heterocycles. The predicted molar refractivity (Wildman–Crippen MR) is 97.9 cm³/mol. The highest BCUT2D eigenvalue weighted by Gasteiger charge is 2.35. The second-order valence-corrected chi connectivity index (χ2v) is 6.52. The number of nitrogens with one attached hydrogen (secondary N) is 1. The molecule has 1 amide bonds. The van der Waals surface area contributed by atoms with Crippen LogP contribution >= 0.6 is 11.3 Å². The van der Waals surface area contributed by atoms with Crippen LogP contribution in [0, 0.1) is 21.4 Å². The molecule has 1 N–H and O–H groups in total. The number of halogens is 3. The summed E-state index contributed by atoms with van der Waals surface area (Å²) in [5, 5.41) is 26.4. The molecule has 3 rings (SSSR count). The number of nitrogens with zero attached hydrogens (tertiary/aromatic N) is 4. The average molecular weight is 435 g/mol. The van der Waals surface area contributed by atoms with Crippen LogP contribution < -0.4 is 5.32 Å². The van der Waals surface area contributed by atoms with Gasteiger partial charge in [-0.3, -0.25) is 20.2 Å². The average Bonchev–Trinajstić information content (AvgIpc) is 3.35. The Balaban J connectivity index is 1.76. The van der Waals surface area contributed by atoms with Gasteiger partial charge in [0.25, 0.3) is 11.6 Å². The van der Waals surface area contributed by atoms with Gasteiger partial charge in [0.1, 0.15) is 23.2 Å². The molecule has 0 fully saturated rings. The molecule has 0 saturated heterocycles. The van der Waals surface area contributed by atoms with Crippen molar-refractivity contribution < 1.29 is 27.3 Å². The topological polar surface area (TPSA) is 135 Å². The number of benzene rings is 1. The number of amides is 1. The summed E-state index contributed by atoms with van der Waals surface area (Å²) in [6.45, 7) is 0. The first-order valence-electron chi connectivity index (χ1n) is 7.86. The van der Waals surface area contributed by atoms with Gasteiger partial charge in [-0.25, -0.2) is 0 Å². The van der Waals surface area contributed by atoms with Crippen LogP contribution in [0.2, 0.25) is 0 Å². The number of furan rings is 1. The van der Waals surface area contributed by atoms with Crippen molar-refractivity contribution in [2.24, 2.45) is 0 Å². The van der Waals surface area contributed by atoms with E-state index in [4.69, 9.17) is 4.42 Å². The van der Waals surface area contributed by atoms with Crippen LogP contribution in [-0.2, 0) is 11.0 Å². The van der Waals surface area contributed by atoms with E-state index in [0.29, 0.717) is 11.3 Å². The zero-order valence-electron chi connectivity index (χ0n) is 14.5. The Morgan fingerprint density at radius 2 is 1.93 bits per heavy atom. The highest BCUT2D eigenvalue weighted by atomic mass is 32.1. The Bertz CT molecular complexity index is 1180. The molecule has 0 saturated carbocycles. The molecule has 0 bridgehead atoms. The molecule has 152 valence electrons. The fraction of sp³-hybridized carbons (Fsp3) is 0.0588. The molecular weight excluding hydrogens is 427 g/mol. The first kappa shape index (κ1) is 20.7. The third-order valence-electron chi connectivity index (χ3n) is 3.53. The van der Waals surface area contributed by atoms with Crippen LogP contribution in [0.3, 0.4) is 0 Å². The minimum atomic E-state index is -4.70. The number of nitro groups is 1. The fourth-order valence-electron chi connectivity index (χ4n) is 2.18. The van der Waals surface area contributed by atoms with Crippen molar-refractivity contribution in [3.05, 3.63) is 62.9 Å². The second-order valence-electron chi connectivity index (χ2n) is 5.54. The van der Waals surface area contributed by atoms with E-state index in [2.05, 4.69) is 15.5 Å². The molecule has 3 aromatic rings. The molecule has 2 heterocycles. The van der Waals surface area contributed by atoms with E-state index in [0.717, 1.165) is 6.08 Å². The zero-order chi connectivity index (χ0) is 21.9. The first-order chi connectivity index (χ1) is 14.2. The van der Waals surface area contributed by atoms with E-state index in [1.807, 2.05) is 0 Å². The van der Waals surface area contributed by atoms with Crippen LogP contribution in [-0.4, -0.2) is 21.0 Å². The molecule has 0 aliphatic heterocycles. The summed E-state index contributed by atoms with van der Waals surface area (Å²) in [7, 11) is 0. The summed E-state index contributed by atoms with van der Waals surface area (Å²) in [5.74, 6) is -0.549. The highest BCUT2D eigenvalue weighted by Crippen LogP contribution is 2.33. The van der Waals surface area contributed by atoms with E-state index in [-0.39, 0.29) is 22.8 Å². The number of alkyl halides is 3. The van der Waals surface area contributed by atoms with Gasteiger partial charge in [0.15, 0.2) is 0 Å². The van der Waals surface area contributed by atoms with Gasteiger partial charge in [-0.15, -0.1) is 10.2 Å². The number of nitriles is 1. The number of anilines is 1. The summed E-state index contributed by atoms with van der Waals surface area (Å²) in [5.41, 5.74) is -0.0145. The summed E-state index contributed by atoms with van der Waals surface area (Å²) in [6, 6.07) is 10.1. The minimum absolute atomic E-state index is 0.0979. The van der Waals surface area contributed by atoms with Crippen molar-refractivity contribution in [2.75, 3.05) is 5.32 Å². The number of non-ortho nitro benzene ring substituents is 1. The van der Waals surface area contributed by atoms with E-state index in [1.54, 1.807) is 6.07 Å². The Morgan fingerprint density at radius 3 is 2.50 bits per heavy atom. The number of carbonyl (C=O) groups is 1. The Kier molecular flexibility index (Phi) is 5.61. The van der Waals surface area contributed by atoms with E-state index < -0.39 is 32.7 Å². The summed E-state index contributed by atoms with van der Waals surface area (Å²) < 4.78 is 43.1. The number of nitro benzene ring substituents is 1. The molecule has 0 spiro atoms. The van der Waals surface area contributed by atoms with Gasteiger partial charge in [0, 0.05) is 23.8 Å². The van der Waals surface area contributed by atoms with Crippen molar-refractivity contribution in [1.82, 2.24) is 10.2 Å². The van der Waals surface area contributed by atoms with Crippen LogP contribution in [0.1, 0.15) is 10.8 Å². The molecule has 13 heteroatoms. The highest BCUT2D eigenvalue weighted by molar-refractivity contribution is 7.15. The standard InChI is InChI=1S/C17H8F3N5O4S/c18-17(19,20)15-23-24-16(30-15)22-14(26)10(8-21)7-12-5-6-13(29-12)9-1-3-11(4-2-9)25(27)28/h1-7H,(H,22,24,26)/b10-7-. The molecule has 0 aliphatic carbocycles. The first-order valence-corrected chi connectivity index (χ1v) is 8.67. The van der Waals surface area contributed by atoms with Gasteiger partial charge in [-0.05, 0) is 24.3 Å². The lowest BCUT2D eigenvalue weighted by Gasteiger charge is -1.99. The lowest BCUT2D eigenvalue weighted by molar-refractivity contribution is -0.384. The maximum Gasteiger partial charge on any atom is 0.445 e. The second kappa shape index (κ2) is 8.13. The van der Waals surface area contributed by atoms with Crippen LogP contribution in [0.4, 0.5) is 24.0 Å². The summed E-state index contributed by atoms with van der Waals surface area (Å²) in [6.07, 6.45) is -3.60. The van der Waals surface area contributed by atoms with Crippen LogP contribution in [0.25, 0.3) is 17.4 Å². The Hall–Kier alpha value is -4.05. The molecule has 30 heavy (non-hydrogen) atoms. The van der Waals surface area contributed by atoms with Gasteiger partial charge in [-0.2, -0.15) is 18.4 Å². The fourth-order valence-corrected chi connectivity index (χ4v) is 2.78. The van der Waals surface area contributed by atoms with E-state index in [1.165, 1.54) is 36.4 Å². The largest absolute Gasteiger partial charge is 0.457 e. The van der Waals surface area contributed by atoms with E-state index >= 15 is 0 Å². The zero-order valence-corrected chi connectivity index (χ0v) is 15.3. The number of hydrogen-bond acceptors (Lipinski definition) is 8. The Labute approximate surface area is 169 Å². The molecule has 0 radical (unpaired) electrons. The third kappa shape index (κ3) is 4.67. The van der Waals surface area contributed by atoms with E-state index in [9.17, 15) is 33.3 Å². The van der Waals surface area contributed by atoms with Gasteiger partial charge >= 0.3 is 6.18 Å². The maximum absolute atomic E-state index is 12.5. The monoisotopic (exact) mass is 435 g/mol. The molecular formula is C17H8F3N5O4S. The normalized spacial score (nSPS) is 11.7. The molecule has 0 aliphatic rings. The third-order valence-corrected chi connectivity index (χ3v) is 4.41. The molecule has 9 nitrogen and oxygen atoms in total. The lowest BCUT2D eigenvalue weighted by atomic mass is 10.1. The molecule has 0 atom stereocenters. The molecule has 1 aromatic carbocycles. The number of aromatic nitrogens is 2. The molecule has 0 unspecified atom stereocenters. The number of rotatable bonds is 5. The SMILES string of the molecule is N#C/C(=C/c1ccc(-c2ccc([N+](=O)[O-])cc2)o1)C(=O)Nc1nnc(C(F)(F)F)s1. The van der Waals surface area contributed by atoms with Crippen molar-refractivity contribution in [3.63, 3.8) is 0 Å².